The topological polar surface area (TPSA) is 61.7 Å². The monoisotopic (exact) mass is 236 g/mol. The molecule has 0 radical (unpaired) electrons. The molecule has 4 heteroatoms. The maximum atomic E-state index is 10.5. The summed E-state index contributed by atoms with van der Waals surface area (Å²) in [5.41, 5.74) is 4.06. The average Bonchev–Trinajstić information content (AvgIpc) is 2.30. The number of hydrogen-bond acceptors (Lipinski definition) is 3. The molecule has 0 amide bonds. The van der Waals surface area contributed by atoms with Gasteiger partial charge >= 0.3 is 5.97 Å². The first-order valence-electron chi connectivity index (χ1n) is 5.92. The summed E-state index contributed by atoms with van der Waals surface area (Å²) in [6, 6.07) is 0. The largest absolute Gasteiger partial charge is 0.477 e. The van der Waals surface area contributed by atoms with Crippen LogP contribution in [-0.4, -0.2) is 23.3 Å². The smallest absolute Gasteiger partial charge is 0.351 e. The van der Waals surface area contributed by atoms with Crippen LogP contribution in [0.5, 0.6) is 0 Å². The fourth-order valence-corrected chi connectivity index (χ4v) is 1.76. The van der Waals surface area contributed by atoms with Gasteiger partial charge in [-0.15, -0.1) is 0 Å². The molecule has 0 heterocycles. The van der Waals surface area contributed by atoms with Gasteiger partial charge in [-0.1, -0.05) is 23.8 Å². The van der Waals surface area contributed by atoms with Crippen LogP contribution >= 0.6 is 0 Å². The minimum atomic E-state index is -0.989. The van der Waals surface area contributed by atoms with E-state index in [-0.39, 0.29) is 5.71 Å². The molecule has 94 valence electrons. The van der Waals surface area contributed by atoms with Crippen LogP contribution in [-0.2, 0) is 4.79 Å². The number of carboxylic acids is 1. The van der Waals surface area contributed by atoms with E-state index in [2.05, 4.69) is 28.8 Å². The van der Waals surface area contributed by atoms with Crippen molar-refractivity contribution in [2.75, 3.05) is 6.54 Å². The van der Waals surface area contributed by atoms with Crippen LogP contribution < -0.4 is 5.43 Å². The second kappa shape index (κ2) is 6.89. The van der Waals surface area contributed by atoms with E-state index in [1.165, 1.54) is 18.9 Å². The maximum absolute atomic E-state index is 10.5. The third-order valence-electron chi connectivity index (χ3n) is 2.74. The molecule has 0 aromatic carbocycles. The van der Waals surface area contributed by atoms with E-state index in [1.54, 1.807) is 0 Å². The van der Waals surface area contributed by atoms with E-state index in [9.17, 15) is 4.79 Å². The highest BCUT2D eigenvalue weighted by Gasteiger charge is 2.06. The van der Waals surface area contributed by atoms with E-state index in [0.29, 0.717) is 12.5 Å². The second-order valence-corrected chi connectivity index (χ2v) is 4.39. The van der Waals surface area contributed by atoms with Crippen LogP contribution in [0, 0.1) is 5.92 Å². The van der Waals surface area contributed by atoms with Crippen molar-refractivity contribution in [3.63, 3.8) is 0 Å². The Morgan fingerprint density at radius 2 is 2.29 bits per heavy atom. The maximum Gasteiger partial charge on any atom is 0.351 e. The number of aliphatic carboxylic acids is 1. The first-order valence-corrected chi connectivity index (χ1v) is 5.92. The van der Waals surface area contributed by atoms with Gasteiger partial charge < -0.3 is 10.5 Å². The molecule has 1 aliphatic rings. The first-order chi connectivity index (χ1) is 8.09. The Hall–Kier alpha value is -1.58. The van der Waals surface area contributed by atoms with Crippen molar-refractivity contribution < 1.29 is 9.90 Å². The molecular formula is C13H20N2O2. The van der Waals surface area contributed by atoms with Crippen LogP contribution in [0.15, 0.2) is 28.9 Å². The molecule has 1 unspecified atom stereocenters. The zero-order valence-electron chi connectivity index (χ0n) is 10.4. The molecule has 17 heavy (non-hydrogen) atoms. The molecule has 2 N–H and O–H groups in total. The molecule has 0 saturated heterocycles. The molecule has 0 aromatic rings. The molecule has 0 aliphatic heterocycles. The highest BCUT2D eigenvalue weighted by atomic mass is 16.4. The average molecular weight is 236 g/mol. The number of nitrogens with zero attached hydrogens (tertiary/aromatic N) is 1. The Morgan fingerprint density at radius 1 is 1.53 bits per heavy atom. The Morgan fingerprint density at radius 3 is 2.88 bits per heavy atom. The molecule has 1 aliphatic carbocycles. The third-order valence-corrected chi connectivity index (χ3v) is 2.74. The molecule has 0 fully saturated rings. The Bertz CT molecular complexity index is 356. The van der Waals surface area contributed by atoms with E-state index in [1.807, 2.05) is 6.92 Å². The summed E-state index contributed by atoms with van der Waals surface area (Å²) in [5, 5.41) is 12.4. The molecule has 0 saturated carbocycles. The van der Waals surface area contributed by atoms with E-state index in [0.717, 1.165) is 12.8 Å². The molecular weight excluding hydrogens is 216 g/mol. The number of rotatable bonds is 5. The zero-order valence-corrected chi connectivity index (χ0v) is 10.4. The summed E-state index contributed by atoms with van der Waals surface area (Å²) in [5.74, 6) is -0.372. The molecule has 0 bridgehead atoms. The highest BCUT2D eigenvalue weighted by Crippen LogP contribution is 2.20. The SMILES string of the molecule is CC(=CC1CC=CCC1)CNN=C(C)C(=O)O. The number of carbonyl (C=O) groups is 1. The van der Waals surface area contributed by atoms with Crippen molar-refractivity contribution in [1.29, 1.82) is 0 Å². The van der Waals surface area contributed by atoms with Gasteiger partial charge in [-0.05, 0) is 39.0 Å². The van der Waals surface area contributed by atoms with Crippen molar-refractivity contribution in [1.82, 2.24) is 5.43 Å². The van der Waals surface area contributed by atoms with Gasteiger partial charge in [0.2, 0.25) is 0 Å². The third kappa shape index (κ3) is 5.33. The van der Waals surface area contributed by atoms with Gasteiger partial charge in [0.05, 0.1) is 6.54 Å². The zero-order chi connectivity index (χ0) is 12.7. The lowest BCUT2D eigenvalue weighted by Gasteiger charge is -2.14. The number of hydrogen-bond donors (Lipinski definition) is 2. The summed E-state index contributed by atoms with van der Waals surface area (Å²) >= 11 is 0. The van der Waals surface area contributed by atoms with Gasteiger partial charge in [-0.3, -0.25) is 0 Å². The van der Waals surface area contributed by atoms with Crippen molar-refractivity contribution >= 4 is 11.7 Å². The standard InChI is InChI=1S/C13H20N2O2/c1-10(8-12-6-4-3-5-7-12)9-14-15-11(2)13(16)17/h3-4,8,12,14H,5-7,9H2,1-2H3,(H,16,17). The Labute approximate surface area is 102 Å². The normalized spacial score (nSPS) is 21.4. The van der Waals surface area contributed by atoms with Gasteiger partial charge in [-0.25, -0.2) is 4.79 Å². The number of nitrogens with one attached hydrogen (secondary N) is 1. The van der Waals surface area contributed by atoms with Crippen LogP contribution in [0.1, 0.15) is 33.1 Å². The number of carboxylic acid groups (broad SMARTS) is 1. The minimum Gasteiger partial charge on any atom is -0.477 e. The molecule has 0 aromatic heterocycles. The van der Waals surface area contributed by atoms with E-state index >= 15 is 0 Å². The number of hydrazone groups is 1. The summed E-state index contributed by atoms with van der Waals surface area (Å²) in [6.07, 6.45) is 10.1. The van der Waals surface area contributed by atoms with E-state index in [4.69, 9.17) is 5.11 Å². The number of allylic oxidation sites excluding steroid dienone is 3. The van der Waals surface area contributed by atoms with E-state index < -0.39 is 5.97 Å². The molecule has 0 spiro atoms. The van der Waals surface area contributed by atoms with Gasteiger partial charge in [0.1, 0.15) is 5.71 Å². The fourth-order valence-electron chi connectivity index (χ4n) is 1.76. The summed E-state index contributed by atoms with van der Waals surface area (Å²) < 4.78 is 0. The van der Waals surface area contributed by atoms with Crippen molar-refractivity contribution in [3.8, 4) is 0 Å². The van der Waals surface area contributed by atoms with Crippen molar-refractivity contribution in [3.05, 3.63) is 23.8 Å². The minimum absolute atomic E-state index is 0.0819. The van der Waals surface area contributed by atoms with Gasteiger partial charge in [0.25, 0.3) is 0 Å². The lowest BCUT2D eigenvalue weighted by molar-refractivity contribution is -0.129. The lowest BCUT2D eigenvalue weighted by Crippen LogP contribution is -2.17. The Balaban J connectivity index is 2.36. The molecule has 4 nitrogen and oxygen atoms in total. The molecule has 1 rings (SSSR count). The fraction of sp³-hybridized carbons (Fsp3) is 0.538. The van der Waals surface area contributed by atoms with Crippen LogP contribution in [0.4, 0.5) is 0 Å². The van der Waals surface area contributed by atoms with Crippen molar-refractivity contribution in [2.24, 2.45) is 11.0 Å². The molecule has 1 atom stereocenters. The van der Waals surface area contributed by atoms with Gasteiger partial charge in [0, 0.05) is 0 Å². The quantitative estimate of drug-likeness (QED) is 0.437. The second-order valence-electron chi connectivity index (χ2n) is 4.39. The van der Waals surface area contributed by atoms with Gasteiger partial charge in [-0.2, -0.15) is 5.10 Å². The first kappa shape index (κ1) is 13.5. The van der Waals surface area contributed by atoms with Crippen LogP contribution in [0.2, 0.25) is 0 Å². The highest BCUT2D eigenvalue weighted by molar-refractivity contribution is 6.34. The summed E-state index contributed by atoms with van der Waals surface area (Å²) in [7, 11) is 0. The van der Waals surface area contributed by atoms with Gasteiger partial charge in [0.15, 0.2) is 0 Å². The summed E-state index contributed by atoms with van der Waals surface area (Å²) in [4.78, 5) is 10.5. The van der Waals surface area contributed by atoms with Crippen LogP contribution in [0.3, 0.4) is 0 Å². The summed E-state index contributed by atoms with van der Waals surface area (Å²) in [6.45, 7) is 4.11. The predicted octanol–water partition coefficient (Wildman–Crippen LogP) is 2.34. The van der Waals surface area contributed by atoms with Crippen molar-refractivity contribution in [2.45, 2.75) is 33.1 Å². The predicted molar refractivity (Wildman–Crippen MR) is 69.0 cm³/mol. The Kier molecular flexibility index (Phi) is 5.46. The lowest BCUT2D eigenvalue weighted by atomic mass is 9.93. The van der Waals surface area contributed by atoms with Crippen LogP contribution in [0.25, 0.3) is 0 Å².